The van der Waals surface area contributed by atoms with E-state index in [1.54, 1.807) is 12.1 Å². The van der Waals surface area contributed by atoms with Crippen LogP contribution in [-0.2, 0) is 21.2 Å². The Labute approximate surface area is 225 Å². The molecule has 3 aromatic rings. The Balaban J connectivity index is 1.91. The Bertz CT molecular complexity index is 1330. The van der Waals surface area contributed by atoms with Gasteiger partial charge < -0.3 is 21.1 Å². The molecule has 3 atom stereocenters. The van der Waals surface area contributed by atoms with Crippen LogP contribution in [0.5, 0.6) is 0 Å². The van der Waals surface area contributed by atoms with Crippen molar-refractivity contribution in [2.45, 2.75) is 71.0 Å². The summed E-state index contributed by atoms with van der Waals surface area (Å²) < 4.78 is 28.8. The zero-order valence-electron chi connectivity index (χ0n) is 23.1. The van der Waals surface area contributed by atoms with Gasteiger partial charge in [0.15, 0.2) is 0 Å². The molecule has 0 fully saturated rings. The lowest BCUT2D eigenvalue weighted by Gasteiger charge is -2.33. The number of fused-ring (bicyclic) bond motifs is 1. The smallest absolute Gasteiger partial charge is 0.243 e. The second kappa shape index (κ2) is 11.9. The van der Waals surface area contributed by atoms with Gasteiger partial charge in [0.2, 0.25) is 15.9 Å². The summed E-state index contributed by atoms with van der Waals surface area (Å²) >= 11 is 0. The lowest BCUT2D eigenvalue weighted by molar-refractivity contribution is -0.126. The van der Waals surface area contributed by atoms with Crippen molar-refractivity contribution in [2.75, 3.05) is 13.1 Å². The molecule has 208 valence electrons. The Hall–Kier alpha value is -2.79. The van der Waals surface area contributed by atoms with Gasteiger partial charge in [0, 0.05) is 13.1 Å². The topological polar surface area (TPSA) is 141 Å². The summed E-state index contributed by atoms with van der Waals surface area (Å²) in [6.07, 6.45) is -0.863. The highest BCUT2D eigenvalue weighted by molar-refractivity contribution is 7.89. The van der Waals surface area contributed by atoms with Crippen molar-refractivity contribution in [1.82, 2.24) is 19.6 Å². The van der Waals surface area contributed by atoms with E-state index in [1.807, 2.05) is 71.9 Å². The second-order valence-corrected chi connectivity index (χ2v) is 13.4. The summed E-state index contributed by atoms with van der Waals surface area (Å²) in [5.41, 5.74) is 7.91. The van der Waals surface area contributed by atoms with Gasteiger partial charge in [-0.2, -0.15) is 4.31 Å². The molecule has 3 unspecified atom stereocenters. The number of aromatic amines is 1. The fourth-order valence-electron chi connectivity index (χ4n) is 4.26. The summed E-state index contributed by atoms with van der Waals surface area (Å²) in [7, 11) is -3.96. The molecule has 0 spiro atoms. The Kier molecular flexibility index (Phi) is 9.35. The van der Waals surface area contributed by atoms with E-state index < -0.39 is 39.5 Å². The number of nitrogens with one attached hydrogen (secondary N) is 2. The molecule has 0 aliphatic carbocycles. The van der Waals surface area contributed by atoms with Crippen molar-refractivity contribution < 1.29 is 18.3 Å². The number of hydrogen-bond acceptors (Lipinski definition) is 6. The number of sulfonamides is 1. The number of aliphatic hydroxyl groups excluding tert-OH is 1. The van der Waals surface area contributed by atoms with Crippen LogP contribution < -0.4 is 11.1 Å². The first kappa shape index (κ1) is 29.8. The standard InChI is InChI=1S/C28H41N5O4S/c1-18(2)16-33(38(36,37)21-12-13-22-23(15-21)31-19(3)30-22)17-25(34)24(14-20-10-8-7-9-11-20)32-27(35)26(29)28(4,5)6/h7-13,15,18,24-26,34H,14,16-17,29H2,1-6H3,(H,30,31)(H,32,35). The first-order valence-electron chi connectivity index (χ1n) is 12.9. The van der Waals surface area contributed by atoms with E-state index in [-0.39, 0.29) is 23.9 Å². The van der Waals surface area contributed by atoms with Crippen LogP contribution in [0, 0.1) is 18.3 Å². The van der Waals surface area contributed by atoms with E-state index in [2.05, 4.69) is 15.3 Å². The average Bonchev–Trinajstić information content (AvgIpc) is 3.21. The van der Waals surface area contributed by atoms with Gasteiger partial charge in [0.25, 0.3) is 0 Å². The second-order valence-electron chi connectivity index (χ2n) is 11.4. The number of hydrogen-bond donors (Lipinski definition) is 4. The molecule has 9 nitrogen and oxygen atoms in total. The molecule has 1 aromatic heterocycles. The zero-order chi connectivity index (χ0) is 28.3. The molecule has 0 aliphatic heterocycles. The molecule has 5 N–H and O–H groups in total. The highest BCUT2D eigenvalue weighted by Crippen LogP contribution is 2.23. The number of aromatic nitrogens is 2. The van der Waals surface area contributed by atoms with Gasteiger partial charge in [0.1, 0.15) is 5.82 Å². The lowest BCUT2D eigenvalue weighted by atomic mass is 9.86. The van der Waals surface area contributed by atoms with Crippen LogP contribution >= 0.6 is 0 Å². The van der Waals surface area contributed by atoms with Crippen LogP contribution in [0.15, 0.2) is 53.4 Å². The van der Waals surface area contributed by atoms with E-state index in [4.69, 9.17) is 5.73 Å². The fourth-order valence-corrected chi connectivity index (χ4v) is 5.91. The Morgan fingerprint density at radius 3 is 2.39 bits per heavy atom. The molecule has 0 bridgehead atoms. The van der Waals surface area contributed by atoms with Crippen LogP contribution in [0.1, 0.15) is 46.0 Å². The summed E-state index contributed by atoms with van der Waals surface area (Å²) in [5, 5.41) is 14.3. The Morgan fingerprint density at radius 2 is 1.79 bits per heavy atom. The maximum atomic E-state index is 13.8. The van der Waals surface area contributed by atoms with Gasteiger partial charge in [0.05, 0.1) is 34.1 Å². The quantitative estimate of drug-likeness (QED) is 0.293. The van der Waals surface area contributed by atoms with Crippen LogP contribution in [0.2, 0.25) is 0 Å². The van der Waals surface area contributed by atoms with Gasteiger partial charge in [-0.15, -0.1) is 0 Å². The third kappa shape index (κ3) is 7.41. The van der Waals surface area contributed by atoms with Crippen molar-refractivity contribution in [3.63, 3.8) is 0 Å². The molecule has 0 aliphatic rings. The van der Waals surface area contributed by atoms with E-state index in [9.17, 15) is 18.3 Å². The van der Waals surface area contributed by atoms with E-state index >= 15 is 0 Å². The fraction of sp³-hybridized carbons (Fsp3) is 0.500. The molecule has 10 heteroatoms. The maximum Gasteiger partial charge on any atom is 0.243 e. The summed E-state index contributed by atoms with van der Waals surface area (Å²) in [4.78, 5) is 20.5. The highest BCUT2D eigenvalue weighted by Gasteiger charge is 2.34. The van der Waals surface area contributed by atoms with E-state index in [1.165, 1.54) is 10.4 Å². The van der Waals surface area contributed by atoms with Gasteiger partial charge in [-0.05, 0) is 48.4 Å². The molecule has 0 saturated heterocycles. The van der Waals surface area contributed by atoms with Crippen molar-refractivity contribution in [1.29, 1.82) is 0 Å². The number of imidazole rings is 1. The number of nitrogens with two attached hydrogens (primary N) is 1. The third-order valence-electron chi connectivity index (χ3n) is 6.48. The van der Waals surface area contributed by atoms with E-state index in [0.717, 1.165) is 5.56 Å². The number of carbonyl (C=O) groups excluding carboxylic acids is 1. The van der Waals surface area contributed by atoms with Crippen molar-refractivity contribution in [2.24, 2.45) is 17.1 Å². The highest BCUT2D eigenvalue weighted by atomic mass is 32.2. The maximum absolute atomic E-state index is 13.8. The van der Waals surface area contributed by atoms with E-state index in [0.29, 0.717) is 23.3 Å². The molecule has 0 saturated carbocycles. The Morgan fingerprint density at radius 1 is 1.13 bits per heavy atom. The molecule has 0 radical (unpaired) electrons. The van der Waals surface area contributed by atoms with Crippen molar-refractivity contribution in [3.8, 4) is 0 Å². The number of aliphatic hydroxyl groups is 1. The third-order valence-corrected chi connectivity index (χ3v) is 8.30. The minimum atomic E-state index is -3.96. The lowest BCUT2D eigenvalue weighted by Crippen LogP contribution is -2.56. The number of benzene rings is 2. The molecule has 3 rings (SSSR count). The number of rotatable bonds is 11. The number of carbonyl (C=O) groups is 1. The van der Waals surface area contributed by atoms with Crippen molar-refractivity contribution >= 4 is 27.0 Å². The van der Waals surface area contributed by atoms with Crippen LogP contribution in [-0.4, -0.2) is 65.0 Å². The molecular weight excluding hydrogens is 502 g/mol. The van der Waals surface area contributed by atoms with Crippen LogP contribution in [0.4, 0.5) is 0 Å². The summed E-state index contributed by atoms with van der Waals surface area (Å²) in [6, 6.07) is 12.7. The number of amides is 1. The average molecular weight is 544 g/mol. The first-order chi connectivity index (χ1) is 17.7. The normalized spacial score (nSPS) is 15.1. The van der Waals surface area contributed by atoms with Gasteiger partial charge in [-0.3, -0.25) is 4.79 Å². The van der Waals surface area contributed by atoms with Gasteiger partial charge in [-0.1, -0.05) is 65.0 Å². The predicted octanol–water partition coefficient (Wildman–Crippen LogP) is 2.98. The predicted molar refractivity (Wildman–Crippen MR) is 150 cm³/mol. The first-order valence-corrected chi connectivity index (χ1v) is 14.4. The van der Waals surface area contributed by atoms with Gasteiger partial charge >= 0.3 is 0 Å². The monoisotopic (exact) mass is 543 g/mol. The largest absolute Gasteiger partial charge is 0.390 e. The molecule has 2 aromatic carbocycles. The minimum Gasteiger partial charge on any atom is -0.390 e. The van der Waals surface area contributed by atoms with Crippen molar-refractivity contribution in [3.05, 3.63) is 59.9 Å². The molecular formula is C28H41N5O4S. The summed E-state index contributed by atoms with van der Waals surface area (Å²) in [6.45, 7) is 11.3. The number of aryl methyl sites for hydroxylation is 1. The summed E-state index contributed by atoms with van der Waals surface area (Å²) in [5.74, 6) is 0.305. The number of H-pyrrole nitrogens is 1. The zero-order valence-corrected chi connectivity index (χ0v) is 23.9. The minimum absolute atomic E-state index is 0.00609. The molecule has 1 amide bonds. The number of nitrogens with zero attached hydrogens (tertiary/aromatic N) is 2. The molecule has 38 heavy (non-hydrogen) atoms. The SMILES string of the molecule is Cc1nc2ccc(S(=O)(=O)N(CC(C)C)CC(O)C(Cc3ccccc3)NC(=O)C(N)C(C)(C)C)cc2[nH]1. The molecule has 1 heterocycles. The van der Waals surface area contributed by atoms with Crippen LogP contribution in [0.3, 0.4) is 0 Å². The van der Waals surface area contributed by atoms with Gasteiger partial charge in [-0.25, -0.2) is 13.4 Å². The van der Waals surface area contributed by atoms with Crippen LogP contribution in [0.25, 0.3) is 11.0 Å².